The summed E-state index contributed by atoms with van der Waals surface area (Å²) >= 11 is 0. The first-order valence-electron chi connectivity index (χ1n) is 6.26. The molecule has 0 fully saturated rings. The first-order valence-corrected chi connectivity index (χ1v) is 6.26. The molecule has 0 N–H and O–H groups in total. The zero-order chi connectivity index (χ0) is 11.4. The van der Waals surface area contributed by atoms with Crippen LogP contribution in [0.4, 0.5) is 0 Å². The van der Waals surface area contributed by atoms with Gasteiger partial charge in [0, 0.05) is 0 Å². The average molecular weight is 206 g/mol. The Bertz CT molecular complexity index is 196. The molecule has 0 spiro atoms. The van der Waals surface area contributed by atoms with Gasteiger partial charge in [-0.15, -0.1) is 0 Å². The van der Waals surface area contributed by atoms with E-state index < -0.39 is 0 Å². The lowest BCUT2D eigenvalue weighted by atomic mass is 10.1. The summed E-state index contributed by atoms with van der Waals surface area (Å²) in [6.07, 6.45) is 17.6. The van der Waals surface area contributed by atoms with Crippen LogP contribution < -0.4 is 0 Å². The van der Waals surface area contributed by atoms with Crippen molar-refractivity contribution in [1.29, 1.82) is 0 Å². The van der Waals surface area contributed by atoms with Crippen molar-refractivity contribution in [2.75, 3.05) is 0 Å². The van der Waals surface area contributed by atoms with Crippen LogP contribution in [0.3, 0.4) is 0 Å². The highest BCUT2D eigenvalue weighted by atomic mass is 14.0. The van der Waals surface area contributed by atoms with Crippen molar-refractivity contribution in [3.63, 3.8) is 0 Å². The summed E-state index contributed by atoms with van der Waals surface area (Å²) in [5.41, 5.74) is 1.48. The SMILES string of the molecule is C=CC=CC=C(C)CCCCCCCC. The molecule has 0 aliphatic carbocycles. The minimum atomic E-state index is 1.24. The van der Waals surface area contributed by atoms with E-state index in [1.165, 1.54) is 50.5 Å². The van der Waals surface area contributed by atoms with Gasteiger partial charge in [-0.1, -0.05) is 75.5 Å². The van der Waals surface area contributed by atoms with Crippen molar-refractivity contribution >= 4 is 0 Å². The Hall–Kier alpha value is -0.780. The fourth-order valence-corrected chi connectivity index (χ4v) is 1.57. The second kappa shape index (κ2) is 11.3. The van der Waals surface area contributed by atoms with Gasteiger partial charge in [0.15, 0.2) is 0 Å². The van der Waals surface area contributed by atoms with Gasteiger partial charge in [-0.3, -0.25) is 0 Å². The summed E-state index contributed by atoms with van der Waals surface area (Å²) in [5.74, 6) is 0. The zero-order valence-corrected chi connectivity index (χ0v) is 10.5. The summed E-state index contributed by atoms with van der Waals surface area (Å²) in [7, 11) is 0. The van der Waals surface area contributed by atoms with E-state index in [-0.39, 0.29) is 0 Å². The predicted octanol–water partition coefficient (Wildman–Crippen LogP) is 5.43. The van der Waals surface area contributed by atoms with E-state index in [2.05, 4.69) is 32.6 Å². The predicted molar refractivity (Wildman–Crippen MR) is 71.1 cm³/mol. The molecule has 0 amide bonds. The van der Waals surface area contributed by atoms with Crippen LogP contribution in [0.1, 0.15) is 58.8 Å². The van der Waals surface area contributed by atoms with Crippen molar-refractivity contribution in [3.8, 4) is 0 Å². The molecule has 0 rings (SSSR count). The van der Waals surface area contributed by atoms with Gasteiger partial charge in [0.25, 0.3) is 0 Å². The van der Waals surface area contributed by atoms with Gasteiger partial charge in [0.05, 0.1) is 0 Å². The van der Waals surface area contributed by atoms with Gasteiger partial charge in [-0.2, -0.15) is 0 Å². The van der Waals surface area contributed by atoms with E-state index in [1.807, 2.05) is 12.2 Å². The number of hydrogen-bond donors (Lipinski definition) is 0. The van der Waals surface area contributed by atoms with E-state index in [4.69, 9.17) is 0 Å². The van der Waals surface area contributed by atoms with Crippen molar-refractivity contribution < 1.29 is 0 Å². The molecule has 0 atom stereocenters. The molecular weight excluding hydrogens is 180 g/mol. The monoisotopic (exact) mass is 206 g/mol. The molecule has 0 saturated carbocycles. The zero-order valence-electron chi connectivity index (χ0n) is 10.5. The highest BCUT2D eigenvalue weighted by Crippen LogP contribution is 2.11. The van der Waals surface area contributed by atoms with E-state index in [9.17, 15) is 0 Å². The Labute approximate surface area is 95.8 Å². The molecule has 86 valence electrons. The standard InChI is InChI=1S/C15H26/c1-4-6-8-9-10-12-14-15(3)13-11-7-5-2/h5,7,11,13H,2,4,6,8-10,12,14H2,1,3H3. The van der Waals surface area contributed by atoms with Crippen LogP contribution in [0.15, 0.2) is 36.5 Å². The lowest BCUT2D eigenvalue weighted by molar-refractivity contribution is 0.606. The van der Waals surface area contributed by atoms with Crippen LogP contribution in [0.5, 0.6) is 0 Å². The number of hydrogen-bond acceptors (Lipinski definition) is 0. The van der Waals surface area contributed by atoms with Gasteiger partial charge in [0.2, 0.25) is 0 Å². The van der Waals surface area contributed by atoms with Crippen LogP contribution in [-0.2, 0) is 0 Å². The first-order chi connectivity index (χ1) is 7.31. The largest absolute Gasteiger partial charge is 0.0991 e. The fraction of sp³-hybridized carbons (Fsp3) is 0.600. The fourth-order valence-electron chi connectivity index (χ4n) is 1.57. The number of unbranched alkanes of at least 4 members (excludes halogenated alkanes) is 5. The van der Waals surface area contributed by atoms with Crippen LogP contribution >= 0.6 is 0 Å². The van der Waals surface area contributed by atoms with Gasteiger partial charge in [-0.05, 0) is 19.8 Å². The molecule has 0 aliphatic rings. The van der Waals surface area contributed by atoms with Gasteiger partial charge in [0.1, 0.15) is 0 Å². The summed E-state index contributed by atoms with van der Waals surface area (Å²) in [6.45, 7) is 8.12. The summed E-state index contributed by atoms with van der Waals surface area (Å²) in [4.78, 5) is 0. The van der Waals surface area contributed by atoms with Crippen molar-refractivity contribution in [1.82, 2.24) is 0 Å². The molecule has 0 bridgehead atoms. The maximum absolute atomic E-state index is 3.65. The molecule has 0 nitrogen and oxygen atoms in total. The topological polar surface area (TPSA) is 0 Å². The smallest absolute Gasteiger partial charge is 0.0320 e. The molecule has 0 radical (unpaired) electrons. The molecule has 0 aromatic carbocycles. The van der Waals surface area contributed by atoms with Crippen LogP contribution in [0.2, 0.25) is 0 Å². The quantitative estimate of drug-likeness (QED) is 0.349. The second-order valence-electron chi connectivity index (χ2n) is 4.15. The van der Waals surface area contributed by atoms with E-state index in [0.717, 1.165) is 0 Å². The van der Waals surface area contributed by atoms with Crippen LogP contribution in [0.25, 0.3) is 0 Å². The van der Waals surface area contributed by atoms with Crippen molar-refractivity contribution in [3.05, 3.63) is 36.5 Å². The van der Waals surface area contributed by atoms with Crippen molar-refractivity contribution in [2.24, 2.45) is 0 Å². The molecule has 0 heterocycles. The molecule has 0 aromatic rings. The lowest BCUT2D eigenvalue weighted by Gasteiger charge is -2.00. The molecule has 0 heteroatoms. The Morgan fingerprint density at radius 2 is 1.67 bits per heavy atom. The molecular formula is C15H26. The highest BCUT2D eigenvalue weighted by Gasteiger charge is 1.91. The third kappa shape index (κ3) is 11.1. The van der Waals surface area contributed by atoms with Crippen LogP contribution in [0, 0.1) is 0 Å². The van der Waals surface area contributed by atoms with Gasteiger partial charge >= 0.3 is 0 Å². The number of allylic oxidation sites excluding steroid dienone is 5. The molecule has 0 aliphatic heterocycles. The van der Waals surface area contributed by atoms with E-state index in [1.54, 1.807) is 0 Å². The van der Waals surface area contributed by atoms with E-state index >= 15 is 0 Å². The maximum atomic E-state index is 3.65. The average Bonchev–Trinajstić information content (AvgIpc) is 2.23. The van der Waals surface area contributed by atoms with Crippen LogP contribution in [-0.4, -0.2) is 0 Å². The third-order valence-corrected chi connectivity index (χ3v) is 2.55. The van der Waals surface area contributed by atoms with E-state index in [0.29, 0.717) is 0 Å². The highest BCUT2D eigenvalue weighted by molar-refractivity contribution is 5.13. The second-order valence-corrected chi connectivity index (χ2v) is 4.15. The van der Waals surface area contributed by atoms with Crippen molar-refractivity contribution in [2.45, 2.75) is 58.8 Å². The Morgan fingerprint density at radius 1 is 1.00 bits per heavy atom. The summed E-state index contributed by atoms with van der Waals surface area (Å²) in [6, 6.07) is 0. The maximum Gasteiger partial charge on any atom is -0.0320 e. The molecule has 0 unspecified atom stereocenters. The lowest BCUT2D eigenvalue weighted by Crippen LogP contribution is -1.81. The Kier molecular flexibility index (Phi) is 10.7. The van der Waals surface area contributed by atoms with Gasteiger partial charge in [-0.25, -0.2) is 0 Å². The molecule has 15 heavy (non-hydrogen) atoms. The summed E-state index contributed by atoms with van der Waals surface area (Å²) in [5, 5.41) is 0. The first kappa shape index (κ1) is 14.2. The minimum absolute atomic E-state index is 1.24. The third-order valence-electron chi connectivity index (χ3n) is 2.55. The Morgan fingerprint density at radius 3 is 2.33 bits per heavy atom. The normalized spacial score (nSPS) is 12.3. The molecule has 0 aromatic heterocycles. The molecule has 0 saturated heterocycles. The van der Waals surface area contributed by atoms with Gasteiger partial charge < -0.3 is 0 Å². The number of rotatable bonds is 9. The summed E-state index contributed by atoms with van der Waals surface area (Å²) < 4.78 is 0. The Balaban J connectivity index is 3.38. The minimum Gasteiger partial charge on any atom is -0.0991 e.